The van der Waals surface area contributed by atoms with Crippen molar-refractivity contribution in [3.63, 3.8) is 0 Å². The number of methoxy groups -OCH3 is 1. The second-order valence-corrected chi connectivity index (χ2v) is 6.69. The lowest BCUT2D eigenvalue weighted by Gasteiger charge is -2.08. The van der Waals surface area contributed by atoms with Gasteiger partial charge in [0.2, 0.25) is 0 Å². The highest BCUT2D eigenvalue weighted by molar-refractivity contribution is 9.11. The molecule has 0 fully saturated rings. The molecule has 0 aliphatic carbocycles. The molecule has 0 bridgehead atoms. The second-order valence-electron chi connectivity index (χ2n) is 4.92. The van der Waals surface area contributed by atoms with Crippen LogP contribution in [0.1, 0.15) is 10.4 Å². The van der Waals surface area contributed by atoms with E-state index in [0.717, 1.165) is 19.8 Å². The van der Waals surface area contributed by atoms with Crippen molar-refractivity contribution in [3.05, 3.63) is 63.2 Å². The number of Topliss-reactive ketones (excluding diaryl/α,β-unsaturated/α-hetero) is 1. The number of carbonyl (C=O) groups is 1. The summed E-state index contributed by atoms with van der Waals surface area (Å²) in [5.41, 5.74) is 1.66. The molecule has 1 heterocycles. The van der Waals surface area contributed by atoms with Crippen LogP contribution in [0.2, 0.25) is 0 Å². The van der Waals surface area contributed by atoms with Gasteiger partial charge in [-0.15, -0.1) is 0 Å². The Balaban J connectivity index is 1.94. The van der Waals surface area contributed by atoms with E-state index in [2.05, 4.69) is 31.9 Å². The number of fused-ring (bicyclic) bond motifs is 1. The maximum absolute atomic E-state index is 12.5. The van der Waals surface area contributed by atoms with Gasteiger partial charge >= 0.3 is 0 Å². The maximum Gasteiger partial charge on any atom is 0.182 e. The fraction of sp³-hybridized carbons (Fsp3) is 0.118. The Morgan fingerprint density at radius 1 is 1.18 bits per heavy atom. The van der Waals surface area contributed by atoms with Gasteiger partial charge < -0.3 is 9.30 Å². The van der Waals surface area contributed by atoms with Gasteiger partial charge in [-0.25, -0.2) is 0 Å². The summed E-state index contributed by atoms with van der Waals surface area (Å²) >= 11 is 7.04. The van der Waals surface area contributed by atoms with Crippen molar-refractivity contribution in [2.45, 2.75) is 6.54 Å². The Kier molecular flexibility index (Phi) is 4.36. The van der Waals surface area contributed by atoms with Crippen LogP contribution >= 0.6 is 31.9 Å². The standard InChI is InChI=1S/C17H13Br2NO2/c1-22-14-4-2-3-11(8-14)16(21)10-20-6-5-12-7-13(18)9-15(19)17(12)20/h2-9H,10H2,1H3. The number of hydrogen-bond donors (Lipinski definition) is 0. The minimum absolute atomic E-state index is 0.0474. The van der Waals surface area contributed by atoms with Crippen LogP contribution in [0.5, 0.6) is 5.75 Å². The van der Waals surface area contributed by atoms with Crippen molar-refractivity contribution in [1.29, 1.82) is 0 Å². The number of hydrogen-bond acceptors (Lipinski definition) is 2. The largest absolute Gasteiger partial charge is 0.497 e. The smallest absolute Gasteiger partial charge is 0.182 e. The normalized spacial score (nSPS) is 10.9. The first kappa shape index (κ1) is 15.3. The van der Waals surface area contributed by atoms with Crippen LogP contribution in [0, 0.1) is 0 Å². The number of nitrogens with zero attached hydrogens (tertiary/aromatic N) is 1. The van der Waals surface area contributed by atoms with Crippen LogP contribution in [0.3, 0.4) is 0 Å². The zero-order valence-corrected chi connectivity index (χ0v) is 15.0. The van der Waals surface area contributed by atoms with Crippen LogP contribution in [0.25, 0.3) is 10.9 Å². The zero-order valence-electron chi connectivity index (χ0n) is 11.8. The van der Waals surface area contributed by atoms with E-state index in [1.54, 1.807) is 13.2 Å². The fourth-order valence-corrected chi connectivity index (χ4v) is 3.92. The van der Waals surface area contributed by atoms with Gasteiger partial charge in [0, 0.05) is 26.1 Å². The molecule has 0 saturated heterocycles. The zero-order chi connectivity index (χ0) is 15.7. The first-order valence-corrected chi connectivity index (χ1v) is 8.28. The average molecular weight is 423 g/mol. The second kappa shape index (κ2) is 6.26. The molecule has 112 valence electrons. The van der Waals surface area contributed by atoms with Crippen molar-refractivity contribution in [3.8, 4) is 5.75 Å². The molecule has 0 saturated carbocycles. The molecular weight excluding hydrogens is 410 g/mol. The molecule has 0 unspecified atom stereocenters. The van der Waals surface area contributed by atoms with E-state index in [1.165, 1.54) is 0 Å². The van der Waals surface area contributed by atoms with Crippen molar-refractivity contribution in [2.75, 3.05) is 7.11 Å². The molecule has 22 heavy (non-hydrogen) atoms. The summed E-state index contributed by atoms with van der Waals surface area (Å²) in [4.78, 5) is 12.5. The van der Waals surface area contributed by atoms with Gasteiger partial charge in [0.1, 0.15) is 5.75 Å². The van der Waals surface area contributed by atoms with Gasteiger partial charge in [0.15, 0.2) is 5.78 Å². The monoisotopic (exact) mass is 421 g/mol. The van der Waals surface area contributed by atoms with E-state index in [9.17, 15) is 4.79 Å². The third-order valence-corrected chi connectivity index (χ3v) is 4.55. The van der Waals surface area contributed by atoms with E-state index in [0.29, 0.717) is 11.3 Å². The van der Waals surface area contributed by atoms with Gasteiger partial charge in [0.05, 0.1) is 19.2 Å². The van der Waals surface area contributed by atoms with Crippen molar-refractivity contribution < 1.29 is 9.53 Å². The molecule has 0 N–H and O–H groups in total. The van der Waals surface area contributed by atoms with Gasteiger partial charge in [-0.3, -0.25) is 4.79 Å². The molecule has 5 heteroatoms. The number of halogens is 2. The van der Waals surface area contributed by atoms with E-state index in [1.807, 2.05) is 47.2 Å². The van der Waals surface area contributed by atoms with E-state index < -0.39 is 0 Å². The van der Waals surface area contributed by atoms with Crippen LogP contribution in [-0.4, -0.2) is 17.5 Å². The third-order valence-electron chi connectivity index (χ3n) is 3.48. The average Bonchev–Trinajstić information content (AvgIpc) is 2.90. The molecule has 0 amide bonds. The topological polar surface area (TPSA) is 31.2 Å². The number of rotatable bonds is 4. The van der Waals surface area contributed by atoms with E-state index >= 15 is 0 Å². The van der Waals surface area contributed by atoms with Gasteiger partial charge in [-0.2, -0.15) is 0 Å². The highest BCUT2D eigenvalue weighted by Crippen LogP contribution is 2.29. The lowest BCUT2D eigenvalue weighted by atomic mass is 10.1. The first-order valence-electron chi connectivity index (χ1n) is 6.69. The number of ketones is 1. The SMILES string of the molecule is COc1cccc(C(=O)Cn2ccc3cc(Br)cc(Br)c32)c1. The predicted octanol–water partition coefficient (Wildman–Crippen LogP) is 5.06. The van der Waals surface area contributed by atoms with Crippen molar-refractivity contribution in [1.82, 2.24) is 4.57 Å². The Labute approximate surface area is 145 Å². The predicted molar refractivity (Wildman–Crippen MR) is 94.7 cm³/mol. The van der Waals surface area contributed by atoms with E-state index in [-0.39, 0.29) is 12.3 Å². The summed E-state index contributed by atoms with van der Waals surface area (Å²) in [6.07, 6.45) is 1.93. The highest BCUT2D eigenvalue weighted by atomic mass is 79.9. The lowest BCUT2D eigenvalue weighted by Crippen LogP contribution is -2.09. The van der Waals surface area contributed by atoms with Gasteiger partial charge in [0.25, 0.3) is 0 Å². The molecule has 3 aromatic rings. The molecule has 0 aliphatic heterocycles. The quantitative estimate of drug-likeness (QED) is 0.550. The highest BCUT2D eigenvalue weighted by Gasteiger charge is 2.12. The summed E-state index contributed by atoms with van der Waals surface area (Å²) in [6, 6.07) is 13.2. The molecule has 0 radical (unpaired) electrons. The molecule has 0 atom stereocenters. The Morgan fingerprint density at radius 2 is 2.00 bits per heavy atom. The molecule has 1 aromatic heterocycles. The minimum Gasteiger partial charge on any atom is -0.497 e. The summed E-state index contributed by atoms with van der Waals surface area (Å²) in [7, 11) is 1.60. The first-order chi connectivity index (χ1) is 10.6. The van der Waals surface area contributed by atoms with Crippen molar-refractivity contribution in [2.24, 2.45) is 0 Å². The number of aromatic nitrogens is 1. The number of ether oxygens (including phenoxy) is 1. The summed E-state index contributed by atoms with van der Waals surface area (Å²) in [5.74, 6) is 0.736. The molecule has 3 nitrogen and oxygen atoms in total. The summed E-state index contributed by atoms with van der Waals surface area (Å²) in [6.45, 7) is 0.289. The number of benzene rings is 2. The Bertz CT molecular complexity index is 855. The van der Waals surface area contributed by atoms with Crippen LogP contribution < -0.4 is 4.74 Å². The molecule has 2 aromatic carbocycles. The van der Waals surface area contributed by atoms with Crippen LogP contribution in [0.15, 0.2) is 57.6 Å². The van der Waals surface area contributed by atoms with Gasteiger partial charge in [-0.1, -0.05) is 28.1 Å². The minimum atomic E-state index is 0.0474. The molecule has 0 aliphatic rings. The lowest BCUT2D eigenvalue weighted by molar-refractivity contribution is 0.0973. The van der Waals surface area contributed by atoms with Crippen LogP contribution in [0.4, 0.5) is 0 Å². The Morgan fingerprint density at radius 3 is 2.77 bits per heavy atom. The van der Waals surface area contributed by atoms with Crippen molar-refractivity contribution >= 4 is 48.5 Å². The summed E-state index contributed by atoms with van der Waals surface area (Å²) in [5, 5.41) is 1.08. The van der Waals surface area contributed by atoms with E-state index in [4.69, 9.17) is 4.74 Å². The molecule has 3 rings (SSSR count). The van der Waals surface area contributed by atoms with Gasteiger partial charge in [-0.05, 0) is 46.3 Å². The number of carbonyl (C=O) groups excluding carboxylic acids is 1. The fourth-order valence-electron chi connectivity index (χ4n) is 2.44. The summed E-state index contributed by atoms with van der Waals surface area (Å²) < 4.78 is 9.09. The van der Waals surface area contributed by atoms with Crippen LogP contribution in [-0.2, 0) is 6.54 Å². The molecular formula is C17H13Br2NO2. The Hall–Kier alpha value is -1.59. The third kappa shape index (κ3) is 2.96. The molecule has 0 spiro atoms. The maximum atomic E-state index is 12.5.